The Bertz CT molecular complexity index is 266. The summed E-state index contributed by atoms with van der Waals surface area (Å²) in [6.07, 6.45) is 8.50. The summed E-state index contributed by atoms with van der Waals surface area (Å²) in [7, 11) is 0. The average Bonchev–Trinajstić information content (AvgIpc) is 2.75. The Kier molecular flexibility index (Phi) is 2.87. The Morgan fingerprint density at radius 1 is 1.50 bits per heavy atom. The molecule has 78 valence electrons. The van der Waals surface area contributed by atoms with Crippen LogP contribution in [0.5, 0.6) is 0 Å². The van der Waals surface area contributed by atoms with Gasteiger partial charge in [0, 0.05) is 31.0 Å². The molecule has 1 aromatic heterocycles. The average molecular weight is 193 g/mol. The van der Waals surface area contributed by atoms with E-state index >= 15 is 0 Å². The van der Waals surface area contributed by atoms with Gasteiger partial charge in [0.05, 0.1) is 6.33 Å². The maximum atomic E-state index is 4.08. The van der Waals surface area contributed by atoms with Crippen LogP contribution in [0.3, 0.4) is 0 Å². The van der Waals surface area contributed by atoms with E-state index < -0.39 is 0 Å². The number of hydrogen-bond acceptors (Lipinski definition) is 2. The Hall–Kier alpha value is -0.830. The van der Waals surface area contributed by atoms with Crippen molar-refractivity contribution in [2.45, 2.75) is 45.3 Å². The molecule has 0 spiro atoms. The van der Waals surface area contributed by atoms with Gasteiger partial charge in [-0.3, -0.25) is 4.90 Å². The minimum atomic E-state index is 0.672. The number of nitrogens with zero attached hydrogens (tertiary/aromatic N) is 3. The van der Waals surface area contributed by atoms with Gasteiger partial charge in [-0.2, -0.15) is 0 Å². The smallest absolute Gasteiger partial charge is 0.0946 e. The predicted octanol–water partition coefficient (Wildman–Crippen LogP) is 1.76. The van der Waals surface area contributed by atoms with Crippen LogP contribution in [0.15, 0.2) is 18.7 Å². The zero-order valence-electron chi connectivity index (χ0n) is 9.06. The van der Waals surface area contributed by atoms with Crippen molar-refractivity contribution in [1.29, 1.82) is 0 Å². The molecule has 1 atom stereocenters. The summed E-state index contributed by atoms with van der Waals surface area (Å²) in [5.74, 6) is 0. The number of likely N-dealkylation sites (tertiary alicyclic amines) is 1. The van der Waals surface area contributed by atoms with Crippen molar-refractivity contribution in [3.63, 3.8) is 0 Å². The molecule has 1 aromatic rings. The highest BCUT2D eigenvalue weighted by atomic mass is 15.2. The van der Waals surface area contributed by atoms with Crippen LogP contribution in [0.25, 0.3) is 0 Å². The van der Waals surface area contributed by atoms with Crippen molar-refractivity contribution in [2.75, 3.05) is 6.54 Å². The molecule has 0 unspecified atom stereocenters. The van der Waals surface area contributed by atoms with Gasteiger partial charge in [-0.25, -0.2) is 4.98 Å². The maximum Gasteiger partial charge on any atom is 0.0946 e. The fraction of sp³-hybridized carbons (Fsp3) is 0.727. The Morgan fingerprint density at radius 3 is 3.00 bits per heavy atom. The summed E-state index contributed by atoms with van der Waals surface area (Å²) in [5.41, 5.74) is 0. The minimum absolute atomic E-state index is 0.672. The quantitative estimate of drug-likeness (QED) is 0.729. The van der Waals surface area contributed by atoms with Crippen LogP contribution in [-0.2, 0) is 6.54 Å². The third-order valence-electron chi connectivity index (χ3n) is 3.07. The molecular formula is C11H19N3. The van der Waals surface area contributed by atoms with E-state index in [2.05, 4.69) is 34.5 Å². The lowest BCUT2D eigenvalue weighted by Crippen LogP contribution is -2.37. The molecular weight excluding hydrogens is 174 g/mol. The summed E-state index contributed by atoms with van der Waals surface area (Å²) in [4.78, 5) is 6.68. The van der Waals surface area contributed by atoms with Crippen LogP contribution >= 0.6 is 0 Å². The highest BCUT2D eigenvalue weighted by Crippen LogP contribution is 2.21. The van der Waals surface area contributed by atoms with Gasteiger partial charge in [-0.15, -0.1) is 0 Å². The highest BCUT2D eigenvalue weighted by molar-refractivity contribution is 4.84. The first-order valence-electron chi connectivity index (χ1n) is 5.49. The number of imidazole rings is 1. The Balaban J connectivity index is 1.97. The monoisotopic (exact) mass is 193 g/mol. The van der Waals surface area contributed by atoms with Gasteiger partial charge in [0.15, 0.2) is 0 Å². The van der Waals surface area contributed by atoms with Gasteiger partial charge in [-0.1, -0.05) is 0 Å². The van der Waals surface area contributed by atoms with Crippen molar-refractivity contribution in [2.24, 2.45) is 0 Å². The summed E-state index contributed by atoms with van der Waals surface area (Å²) in [6, 6.07) is 1.38. The van der Waals surface area contributed by atoms with Crippen molar-refractivity contribution in [1.82, 2.24) is 14.5 Å². The zero-order valence-corrected chi connectivity index (χ0v) is 9.06. The summed E-state index contributed by atoms with van der Waals surface area (Å²) in [5, 5.41) is 0. The molecule has 0 aromatic carbocycles. The van der Waals surface area contributed by atoms with Crippen LogP contribution in [0.4, 0.5) is 0 Å². The second kappa shape index (κ2) is 4.13. The second-order valence-corrected chi connectivity index (χ2v) is 4.39. The molecule has 0 N–H and O–H groups in total. The lowest BCUT2D eigenvalue weighted by Gasteiger charge is -2.28. The predicted molar refractivity (Wildman–Crippen MR) is 57.1 cm³/mol. The molecule has 2 rings (SSSR count). The third kappa shape index (κ3) is 1.98. The van der Waals surface area contributed by atoms with E-state index in [1.165, 1.54) is 19.4 Å². The zero-order chi connectivity index (χ0) is 9.97. The summed E-state index contributed by atoms with van der Waals surface area (Å²) >= 11 is 0. The fourth-order valence-electron chi connectivity index (χ4n) is 2.37. The van der Waals surface area contributed by atoms with E-state index in [-0.39, 0.29) is 0 Å². The second-order valence-electron chi connectivity index (χ2n) is 4.39. The topological polar surface area (TPSA) is 21.1 Å². The Morgan fingerprint density at radius 2 is 2.36 bits per heavy atom. The molecule has 1 aliphatic heterocycles. The van der Waals surface area contributed by atoms with Crippen molar-refractivity contribution in [3.8, 4) is 0 Å². The van der Waals surface area contributed by atoms with Crippen LogP contribution in [0.2, 0.25) is 0 Å². The molecule has 1 aliphatic rings. The SMILES string of the molecule is CC(C)N1CCC[C@@H]1Cn1ccnc1. The van der Waals surface area contributed by atoms with Crippen LogP contribution in [-0.4, -0.2) is 33.1 Å². The summed E-state index contributed by atoms with van der Waals surface area (Å²) in [6.45, 7) is 6.92. The fourth-order valence-corrected chi connectivity index (χ4v) is 2.37. The number of hydrogen-bond donors (Lipinski definition) is 0. The van der Waals surface area contributed by atoms with Crippen LogP contribution in [0.1, 0.15) is 26.7 Å². The van der Waals surface area contributed by atoms with E-state index in [9.17, 15) is 0 Å². The van der Waals surface area contributed by atoms with Gasteiger partial charge in [0.25, 0.3) is 0 Å². The molecule has 1 fully saturated rings. The molecule has 14 heavy (non-hydrogen) atoms. The molecule has 3 nitrogen and oxygen atoms in total. The highest BCUT2D eigenvalue weighted by Gasteiger charge is 2.26. The van der Waals surface area contributed by atoms with Crippen molar-refractivity contribution < 1.29 is 0 Å². The molecule has 2 heterocycles. The molecule has 3 heteroatoms. The third-order valence-corrected chi connectivity index (χ3v) is 3.07. The first-order valence-corrected chi connectivity index (χ1v) is 5.49. The number of rotatable bonds is 3. The van der Waals surface area contributed by atoms with E-state index in [4.69, 9.17) is 0 Å². The first kappa shape index (κ1) is 9.71. The van der Waals surface area contributed by atoms with Gasteiger partial charge in [-0.05, 0) is 33.2 Å². The van der Waals surface area contributed by atoms with Gasteiger partial charge in [0.1, 0.15) is 0 Å². The largest absolute Gasteiger partial charge is 0.336 e. The van der Waals surface area contributed by atoms with Crippen molar-refractivity contribution >= 4 is 0 Å². The molecule has 0 radical (unpaired) electrons. The standard InChI is InChI=1S/C11H19N3/c1-10(2)14-6-3-4-11(14)8-13-7-5-12-9-13/h5,7,9-11H,3-4,6,8H2,1-2H3/t11-/m1/s1. The van der Waals surface area contributed by atoms with E-state index in [1.54, 1.807) is 0 Å². The van der Waals surface area contributed by atoms with E-state index in [0.717, 1.165) is 6.54 Å². The van der Waals surface area contributed by atoms with Gasteiger partial charge < -0.3 is 4.57 Å². The summed E-state index contributed by atoms with van der Waals surface area (Å²) < 4.78 is 2.19. The lowest BCUT2D eigenvalue weighted by molar-refractivity contribution is 0.187. The molecule has 0 saturated carbocycles. The molecule has 0 bridgehead atoms. The lowest BCUT2D eigenvalue weighted by atomic mass is 10.2. The van der Waals surface area contributed by atoms with Gasteiger partial charge in [0.2, 0.25) is 0 Å². The normalized spacial score (nSPS) is 23.5. The Labute approximate surface area is 85.7 Å². The first-order chi connectivity index (χ1) is 6.77. The molecule has 0 aliphatic carbocycles. The molecule has 0 amide bonds. The van der Waals surface area contributed by atoms with E-state index in [1.807, 2.05) is 12.5 Å². The molecule has 1 saturated heterocycles. The van der Waals surface area contributed by atoms with Crippen molar-refractivity contribution in [3.05, 3.63) is 18.7 Å². The van der Waals surface area contributed by atoms with Crippen LogP contribution < -0.4 is 0 Å². The maximum absolute atomic E-state index is 4.08. The van der Waals surface area contributed by atoms with Crippen LogP contribution in [0, 0.1) is 0 Å². The van der Waals surface area contributed by atoms with E-state index in [0.29, 0.717) is 12.1 Å². The number of aromatic nitrogens is 2. The minimum Gasteiger partial charge on any atom is -0.336 e. The van der Waals surface area contributed by atoms with Gasteiger partial charge >= 0.3 is 0 Å².